The molecule has 4 heterocycles. The number of benzene rings is 2. The number of piperazine rings is 1. The zero-order valence-corrected chi connectivity index (χ0v) is 33.3. The number of aromatic hydroxyl groups is 1. The van der Waals surface area contributed by atoms with E-state index >= 15 is 0 Å². The Balaban J connectivity index is 1.07. The van der Waals surface area contributed by atoms with Crippen LogP contribution in [0.25, 0.3) is 21.7 Å². The van der Waals surface area contributed by atoms with Gasteiger partial charge in [0.2, 0.25) is 11.8 Å². The fraction of sp³-hybridized carbons (Fsp3) is 0.463. The minimum Gasteiger partial charge on any atom is -0.507 e. The number of nitrogens with one attached hydrogen (secondary N) is 1. The van der Waals surface area contributed by atoms with Crippen molar-refractivity contribution in [3.8, 4) is 27.4 Å². The highest BCUT2D eigenvalue weighted by atomic mass is 32.1. The number of nitrogen functional groups attached to an aromatic ring is 1. The van der Waals surface area contributed by atoms with Gasteiger partial charge in [-0.05, 0) is 48.6 Å². The lowest BCUT2D eigenvalue weighted by Gasteiger charge is -2.37. The topological polar surface area (TPSA) is 167 Å². The fourth-order valence-corrected chi connectivity index (χ4v) is 8.29. The molecule has 6 rings (SSSR count). The van der Waals surface area contributed by atoms with Crippen molar-refractivity contribution in [3.05, 3.63) is 71.4 Å². The molecule has 2 aromatic carbocycles. The van der Waals surface area contributed by atoms with E-state index in [0.29, 0.717) is 49.7 Å². The van der Waals surface area contributed by atoms with Crippen molar-refractivity contribution in [2.24, 2.45) is 11.3 Å². The van der Waals surface area contributed by atoms with Gasteiger partial charge in [-0.1, -0.05) is 57.2 Å². The van der Waals surface area contributed by atoms with Crippen molar-refractivity contribution in [1.29, 1.82) is 0 Å². The predicted octanol–water partition coefficient (Wildman–Crippen LogP) is 5.10. The molecule has 13 nitrogen and oxygen atoms in total. The summed E-state index contributed by atoms with van der Waals surface area (Å²) in [6.07, 6.45) is 0.159. The minimum absolute atomic E-state index is 0.0252. The van der Waals surface area contributed by atoms with Gasteiger partial charge in [0.25, 0.3) is 0 Å². The van der Waals surface area contributed by atoms with Gasteiger partial charge in [0, 0.05) is 64.2 Å². The lowest BCUT2D eigenvalue weighted by molar-refractivity contribution is -0.146. The van der Waals surface area contributed by atoms with Crippen LogP contribution in [0.15, 0.2) is 60.1 Å². The molecule has 4 aromatic rings. The molecule has 0 saturated carbocycles. The fourth-order valence-electron chi connectivity index (χ4n) is 7.47. The summed E-state index contributed by atoms with van der Waals surface area (Å²) < 4.78 is 5.67. The van der Waals surface area contributed by atoms with Crippen molar-refractivity contribution in [2.75, 3.05) is 57.0 Å². The number of hydrogen-bond donors (Lipinski definition) is 3. The molecule has 2 aliphatic rings. The number of anilines is 2. The Kier molecular flexibility index (Phi) is 12.2. The van der Waals surface area contributed by atoms with Crippen LogP contribution in [0.5, 0.6) is 5.75 Å². The number of ketones is 1. The lowest BCUT2D eigenvalue weighted by Crippen LogP contribution is -2.51. The van der Waals surface area contributed by atoms with Gasteiger partial charge < -0.3 is 30.7 Å². The van der Waals surface area contributed by atoms with Crippen LogP contribution in [0.1, 0.15) is 57.8 Å². The number of thiazole rings is 1. The number of para-hydroxylation sites is 1. The number of hydrogen-bond acceptors (Lipinski definition) is 12. The Labute approximate surface area is 326 Å². The van der Waals surface area contributed by atoms with Crippen LogP contribution in [-0.2, 0) is 19.1 Å². The second-order valence-corrected chi connectivity index (χ2v) is 16.5. The molecular weight excluding hydrogens is 717 g/mol. The Morgan fingerprint density at radius 2 is 1.76 bits per heavy atom. The number of likely N-dealkylation sites (tertiary alicyclic amines) is 1. The Morgan fingerprint density at radius 3 is 2.40 bits per heavy atom. The third-order valence-corrected chi connectivity index (χ3v) is 11.8. The average molecular weight is 769 g/mol. The minimum atomic E-state index is -0.714. The molecular formula is C41H52N8O5S. The standard InChI is InChI=1S/C41H52N8O5S/c1-25(27-11-13-28(14-12-27)37-26(2)43-24-55-37)44-39(52)35-20-30(54-6)23-49(35)40(53)32(41(3,4)5)19-29(50)22-47-15-17-48(18-16-47)34-21-33(45-46-38(34)42)31-9-7-8-10-36(31)51/h7-14,21,24-25,30,32,35,51H,15-20,22-23H2,1-6H3,(H2,42,46)(H,44,52)/t25-,30+,32+,35-/m0/s1. The highest BCUT2D eigenvalue weighted by molar-refractivity contribution is 7.13. The first-order valence-electron chi connectivity index (χ1n) is 18.8. The van der Waals surface area contributed by atoms with E-state index in [1.54, 1.807) is 41.5 Å². The van der Waals surface area contributed by atoms with Gasteiger partial charge in [-0.2, -0.15) is 0 Å². The van der Waals surface area contributed by atoms with E-state index in [9.17, 15) is 19.5 Å². The molecule has 0 aliphatic carbocycles. The summed E-state index contributed by atoms with van der Waals surface area (Å²) in [4.78, 5) is 53.2. The largest absolute Gasteiger partial charge is 0.507 e. The Morgan fingerprint density at radius 1 is 1.05 bits per heavy atom. The molecule has 2 aromatic heterocycles. The first-order valence-corrected chi connectivity index (χ1v) is 19.7. The van der Waals surface area contributed by atoms with Gasteiger partial charge in [-0.3, -0.25) is 19.3 Å². The van der Waals surface area contributed by atoms with E-state index < -0.39 is 17.4 Å². The zero-order valence-electron chi connectivity index (χ0n) is 32.5. The molecule has 4 N–H and O–H groups in total. The monoisotopic (exact) mass is 768 g/mol. The van der Waals surface area contributed by atoms with Crippen LogP contribution >= 0.6 is 11.3 Å². The van der Waals surface area contributed by atoms with Gasteiger partial charge in [0.05, 0.1) is 46.2 Å². The number of nitrogens with two attached hydrogens (primary N) is 1. The lowest BCUT2D eigenvalue weighted by atomic mass is 9.76. The second-order valence-electron chi connectivity index (χ2n) is 15.7. The summed E-state index contributed by atoms with van der Waals surface area (Å²) in [6.45, 7) is 12.8. The number of Topliss-reactive ketones (excluding diaryl/α,β-unsaturated/α-hetero) is 1. The van der Waals surface area contributed by atoms with E-state index in [1.807, 2.05) is 76.5 Å². The maximum absolute atomic E-state index is 14.4. The number of nitrogens with zero attached hydrogens (tertiary/aromatic N) is 6. The third-order valence-electron chi connectivity index (χ3n) is 10.8. The van der Waals surface area contributed by atoms with Crippen molar-refractivity contribution >= 4 is 40.4 Å². The Hall–Kier alpha value is -4.92. The summed E-state index contributed by atoms with van der Waals surface area (Å²) in [5.41, 5.74) is 12.4. The normalized spacial score (nSPS) is 18.9. The van der Waals surface area contributed by atoms with Crippen molar-refractivity contribution in [1.82, 2.24) is 30.3 Å². The third kappa shape index (κ3) is 9.14. The first-order chi connectivity index (χ1) is 26.2. The number of carbonyl (C=O) groups excluding carboxylic acids is 3. The van der Waals surface area contributed by atoms with E-state index in [2.05, 4.69) is 30.3 Å². The predicted molar refractivity (Wildman–Crippen MR) is 215 cm³/mol. The quantitative estimate of drug-likeness (QED) is 0.176. The molecule has 2 aliphatic heterocycles. The molecule has 0 spiro atoms. The Bertz CT molecular complexity index is 1990. The molecule has 14 heteroatoms. The van der Waals surface area contributed by atoms with Crippen LogP contribution in [0, 0.1) is 18.3 Å². The number of carbonyl (C=O) groups is 3. The van der Waals surface area contributed by atoms with Crippen molar-refractivity contribution in [2.45, 2.75) is 65.6 Å². The number of aromatic nitrogens is 3. The van der Waals surface area contributed by atoms with E-state index in [-0.39, 0.29) is 55.0 Å². The van der Waals surface area contributed by atoms with E-state index in [4.69, 9.17) is 10.5 Å². The number of methoxy groups -OCH3 is 1. The highest BCUT2D eigenvalue weighted by Crippen LogP contribution is 2.35. The van der Waals surface area contributed by atoms with Crippen LogP contribution < -0.4 is 16.0 Å². The first kappa shape index (κ1) is 39.8. The average Bonchev–Trinajstić information content (AvgIpc) is 3.81. The molecule has 0 unspecified atom stereocenters. The van der Waals surface area contributed by atoms with Gasteiger partial charge in [0.15, 0.2) is 5.82 Å². The number of aryl methyl sites for hydroxylation is 1. The summed E-state index contributed by atoms with van der Waals surface area (Å²) in [5.74, 6) is -0.684. The van der Waals surface area contributed by atoms with Crippen LogP contribution in [0.4, 0.5) is 11.5 Å². The summed E-state index contributed by atoms with van der Waals surface area (Å²) >= 11 is 1.60. The van der Waals surface area contributed by atoms with Crippen molar-refractivity contribution < 1.29 is 24.2 Å². The molecule has 55 heavy (non-hydrogen) atoms. The van der Waals surface area contributed by atoms with Crippen LogP contribution in [0.2, 0.25) is 0 Å². The number of amides is 2. The van der Waals surface area contributed by atoms with Crippen LogP contribution in [-0.4, -0.2) is 106 Å². The van der Waals surface area contributed by atoms with Crippen LogP contribution in [0.3, 0.4) is 0 Å². The summed E-state index contributed by atoms with van der Waals surface area (Å²) in [7, 11) is 1.60. The highest BCUT2D eigenvalue weighted by Gasteiger charge is 2.45. The second kappa shape index (κ2) is 16.8. The van der Waals surface area contributed by atoms with Crippen molar-refractivity contribution in [3.63, 3.8) is 0 Å². The molecule has 4 atom stereocenters. The molecule has 0 radical (unpaired) electrons. The number of phenolic OH excluding ortho intramolecular Hbond substituents is 1. The molecule has 2 fully saturated rings. The van der Waals surface area contributed by atoms with E-state index in [0.717, 1.165) is 27.4 Å². The van der Waals surface area contributed by atoms with E-state index in [1.165, 1.54) is 0 Å². The van der Waals surface area contributed by atoms with Gasteiger partial charge in [0.1, 0.15) is 17.6 Å². The molecule has 2 amide bonds. The molecule has 292 valence electrons. The maximum Gasteiger partial charge on any atom is 0.243 e. The zero-order chi connectivity index (χ0) is 39.4. The van der Waals surface area contributed by atoms with Gasteiger partial charge in [-0.15, -0.1) is 21.5 Å². The maximum atomic E-state index is 14.4. The number of phenols is 1. The van der Waals surface area contributed by atoms with Gasteiger partial charge >= 0.3 is 0 Å². The number of rotatable bonds is 12. The molecule has 0 bridgehead atoms. The van der Waals surface area contributed by atoms with Gasteiger partial charge in [-0.25, -0.2) is 4.98 Å². The molecule has 2 saturated heterocycles. The summed E-state index contributed by atoms with van der Waals surface area (Å²) in [5, 5.41) is 21.8. The SMILES string of the molecule is CO[C@@H]1C[C@@H](C(=O)N[C@@H](C)c2ccc(-c3scnc3C)cc2)N(C(=O)[C@@H](CC(=O)CN2CCN(c3cc(-c4ccccc4O)nnc3N)CC2)C(C)(C)C)C1. The number of ether oxygens (including phenoxy) is 1. The smallest absolute Gasteiger partial charge is 0.243 e. The summed E-state index contributed by atoms with van der Waals surface area (Å²) in [6, 6.07) is 15.9.